The van der Waals surface area contributed by atoms with Crippen molar-refractivity contribution in [3.05, 3.63) is 39.9 Å². The number of rotatable bonds is 3. The van der Waals surface area contributed by atoms with Crippen molar-refractivity contribution in [2.75, 3.05) is 7.11 Å². The number of carbonyl (C=O) groups excluding carboxylic acids is 1. The number of esters is 1. The first kappa shape index (κ1) is 15.3. The fourth-order valence-electron chi connectivity index (χ4n) is 2.80. The Balaban J connectivity index is 1.83. The summed E-state index contributed by atoms with van der Waals surface area (Å²) in [6.45, 7) is 1.81. The fourth-order valence-corrected chi connectivity index (χ4v) is 4.94. The van der Waals surface area contributed by atoms with Gasteiger partial charge in [-0.05, 0) is 54.8 Å². The zero-order valence-electron chi connectivity index (χ0n) is 13.3. The number of fused-ring (bicyclic) bond motifs is 1. The van der Waals surface area contributed by atoms with E-state index >= 15 is 0 Å². The van der Waals surface area contributed by atoms with Gasteiger partial charge in [0, 0.05) is 0 Å². The van der Waals surface area contributed by atoms with Crippen LogP contribution in [0.25, 0.3) is 20.0 Å². The molecule has 1 saturated carbocycles. The van der Waals surface area contributed by atoms with E-state index in [1.54, 1.807) is 11.3 Å². The van der Waals surface area contributed by atoms with Crippen molar-refractivity contribution in [2.24, 2.45) is 0 Å². The SMILES string of the molecule is COC(=O)c1sc(-c2cc3cc(C4CC4)cc(C#N)c3s2)nc1C. The highest BCUT2D eigenvalue weighted by Crippen LogP contribution is 2.44. The molecule has 4 nitrogen and oxygen atoms in total. The molecule has 3 aromatic rings. The highest BCUT2D eigenvalue weighted by atomic mass is 32.1. The smallest absolute Gasteiger partial charge is 0.349 e. The highest BCUT2D eigenvalue weighted by molar-refractivity contribution is 7.26. The van der Waals surface area contributed by atoms with Crippen molar-refractivity contribution in [1.82, 2.24) is 4.98 Å². The van der Waals surface area contributed by atoms with Crippen molar-refractivity contribution < 1.29 is 9.53 Å². The third kappa shape index (κ3) is 2.50. The maximum absolute atomic E-state index is 11.8. The predicted molar refractivity (Wildman–Crippen MR) is 95.7 cm³/mol. The maximum atomic E-state index is 11.8. The van der Waals surface area contributed by atoms with Gasteiger partial charge in [0.2, 0.25) is 0 Å². The average molecular weight is 354 g/mol. The van der Waals surface area contributed by atoms with E-state index in [0.717, 1.165) is 25.5 Å². The molecule has 1 aliphatic rings. The third-order valence-electron chi connectivity index (χ3n) is 4.19. The van der Waals surface area contributed by atoms with Crippen LogP contribution < -0.4 is 0 Å². The molecule has 1 aromatic carbocycles. The van der Waals surface area contributed by atoms with E-state index < -0.39 is 0 Å². The Morgan fingerprint density at radius 1 is 1.33 bits per heavy atom. The number of thiophene rings is 1. The number of nitrogens with zero attached hydrogens (tertiary/aromatic N) is 2. The molecule has 0 saturated heterocycles. The first-order chi connectivity index (χ1) is 11.6. The molecular weight excluding hydrogens is 340 g/mol. The van der Waals surface area contributed by atoms with Gasteiger partial charge in [0.25, 0.3) is 0 Å². The minimum absolute atomic E-state index is 0.355. The second kappa shape index (κ2) is 5.69. The van der Waals surface area contributed by atoms with Gasteiger partial charge in [0.15, 0.2) is 0 Å². The van der Waals surface area contributed by atoms with Crippen LogP contribution in [0.2, 0.25) is 0 Å². The van der Waals surface area contributed by atoms with Crippen LogP contribution in [0, 0.1) is 18.3 Å². The summed E-state index contributed by atoms with van der Waals surface area (Å²) in [6.07, 6.45) is 2.42. The number of ether oxygens (including phenoxy) is 1. The van der Waals surface area contributed by atoms with Gasteiger partial charge in [-0.3, -0.25) is 0 Å². The van der Waals surface area contributed by atoms with Crippen molar-refractivity contribution in [3.8, 4) is 16.0 Å². The lowest BCUT2D eigenvalue weighted by atomic mass is 10.0. The molecule has 0 amide bonds. The summed E-state index contributed by atoms with van der Waals surface area (Å²) in [5.74, 6) is 0.254. The van der Waals surface area contributed by atoms with E-state index in [1.165, 1.54) is 36.9 Å². The summed E-state index contributed by atoms with van der Waals surface area (Å²) in [5.41, 5.74) is 2.67. The molecule has 2 heterocycles. The van der Waals surface area contributed by atoms with Gasteiger partial charge < -0.3 is 4.74 Å². The van der Waals surface area contributed by atoms with Crippen LogP contribution in [0.1, 0.15) is 45.3 Å². The van der Waals surface area contributed by atoms with Gasteiger partial charge in [0.1, 0.15) is 16.0 Å². The number of hydrogen-bond acceptors (Lipinski definition) is 6. The molecule has 1 aliphatic carbocycles. The molecule has 2 aromatic heterocycles. The quantitative estimate of drug-likeness (QED) is 0.630. The van der Waals surface area contributed by atoms with Crippen LogP contribution in [0.4, 0.5) is 0 Å². The normalized spacial score (nSPS) is 13.9. The van der Waals surface area contributed by atoms with Crippen molar-refractivity contribution >= 4 is 38.7 Å². The standard InChI is InChI=1S/C18H14N2O2S2/c1-9-15(18(21)22-2)24-17(20-9)14-7-12-5-11(10-3-4-10)6-13(8-19)16(12)23-14/h5-7,10H,3-4H2,1-2H3. The Hall–Kier alpha value is -2.23. The lowest BCUT2D eigenvalue weighted by Gasteiger charge is -1.99. The number of methoxy groups -OCH3 is 1. The van der Waals surface area contributed by atoms with Gasteiger partial charge >= 0.3 is 5.97 Å². The predicted octanol–water partition coefficient (Wildman–Crippen LogP) is 4.87. The van der Waals surface area contributed by atoms with Gasteiger partial charge in [-0.1, -0.05) is 0 Å². The van der Waals surface area contributed by atoms with E-state index in [2.05, 4.69) is 23.2 Å². The molecule has 0 radical (unpaired) electrons. The van der Waals surface area contributed by atoms with E-state index in [-0.39, 0.29) is 5.97 Å². The third-order valence-corrected chi connectivity index (χ3v) is 6.68. The fraction of sp³-hybridized carbons (Fsp3) is 0.278. The minimum Gasteiger partial charge on any atom is -0.465 e. The monoisotopic (exact) mass is 354 g/mol. The number of thiazole rings is 1. The van der Waals surface area contributed by atoms with E-state index in [1.807, 2.05) is 13.0 Å². The van der Waals surface area contributed by atoms with Gasteiger partial charge in [-0.2, -0.15) is 5.26 Å². The maximum Gasteiger partial charge on any atom is 0.349 e. The Bertz CT molecular complexity index is 1010. The summed E-state index contributed by atoms with van der Waals surface area (Å²) >= 11 is 2.90. The molecule has 0 bridgehead atoms. The molecule has 0 spiro atoms. The molecule has 120 valence electrons. The topological polar surface area (TPSA) is 63.0 Å². The van der Waals surface area contributed by atoms with Crippen LogP contribution in [0.3, 0.4) is 0 Å². The van der Waals surface area contributed by atoms with Gasteiger partial charge in [-0.25, -0.2) is 9.78 Å². The van der Waals surface area contributed by atoms with Crippen LogP contribution >= 0.6 is 22.7 Å². The van der Waals surface area contributed by atoms with Crippen molar-refractivity contribution in [2.45, 2.75) is 25.7 Å². The molecule has 4 rings (SSSR count). The van der Waals surface area contributed by atoms with E-state index in [9.17, 15) is 10.1 Å². The molecule has 0 unspecified atom stereocenters. The molecule has 6 heteroatoms. The number of carbonyl (C=O) groups is 1. The summed E-state index contributed by atoms with van der Waals surface area (Å²) in [7, 11) is 1.37. The van der Waals surface area contributed by atoms with E-state index in [0.29, 0.717) is 16.5 Å². The number of hydrogen-bond donors (Lipinski definition) is 0. The molecule has 0 atom stereocenters. The van der Waals surface area contributed by atoms with Crippen LogP contribution in [0.5, 0.6) is 0 Å². The number of benzene rings is 1. The Morgan fingerprint density at radius 3 is 2.79 bits per heavy atom. The molecule has 0 N–H and O–H groups in total. The second-order valence-electron chi connectivity index (χ2n) is 5.91. The number of aryl methyl sites for hydroxylation is 1. The largest absolute Gasteiger partial charge is 0.465 e. The zero-order valence-corrected chi connectivity index (χ0v) is 14.9. The van der Waals surface area contributed by atoms with E-state index in [4.69, 9.17) is 4.74 Å². The summed E-state index contributed by atoms with van der Waals surface area (Å²) in [5, 5.41) is 11.4. The molecule has 0 aliphatic heterocycles. The first-order valence-electron chi connectivity index (χ1n) is 7.64. The van der Waals surface area contributed by atoms with Crippen LogP contribution in [0.15, 0.2) is 18.2 Å². The zero-order chi connectivity index (χ0) is 16.8. The lowest BCUT2D eigenvalue weighted by molar-refractivity contribution is 0.0605. The second-order valence-corrected chi connectivity index (χ2v) is 7.96. The summed E-state index contributed by atoms with van der Waals surface area (Å²) in [6, 6.07) is 8.61. The van der Waals surface area contributed by atoms with Gasteiger partial charge in [0.05, 0.1) is 27.9 Å². The van der Waals surface area contributed by atoms with Crippen LogP contribution in [-0.4, -0.2) is 18.1 Å². The Labute approximate surface area is 147 Å². The number of aromatic nitrogens is 1. The van der Waals surface area contributed by atoms with Crippen molar-refractivity contribution in [1.29, 1.82) is 5.26 Å². The highest BCUT2D eigenvalue weighted by Gasteiger charge is 2.25. The number of nitriles is 1. The van der Waals surface area contributed by atoms with Crippen LogP contribution in [-0.2, 0) is 4.74 Å². The van der Waals surface area contributed by atoms with Crippen molar-refractivity contribution in [3.63, 3.8) is 0 Å². The Morgan fingerprint density at radius 2 is 2.12 bits per heavy atom. The lowest BCUT2D eigenvalue weighted by Crippen LogP contribution is -1.99. The Kier molecular flexibility index (Phi) is 3.63. The first-order valence-corrected chi connectivity index (χ1v) is 9.27. The molecule has 1 fully saturated rings. The average Bonchev–Trinajstić information content (AvgIpc) is 3.23. The minimum atomic E-state index is -0.355. The van der Waals surface area contributed by atoms with Gasteiger partial charge in [-0.15, -0.1) is 22.7 Å². The summed E-state index contributed by atoms with van der Waals surface area (Å²) < 4.78 is 5.79. The molecular formula is C18H14N2O2S2. The molecule has 24 heavy (non-hydrogen) atoms. The summed E-state index contributed by atoms with van der Waals surface area (Å²) in [4.78, 5) is 17.8.